The number of aromatic nitrogens is 2. The zero-order valence-corrected chi connectivity index (χ0v) is 19.2. The molecule has 2 aromatic heterocycles. The third-order valence-corrected chi connectivity index (χ3v) is 6.04. The summed E-state index contributed by atoms with van der Waals surface area (Å²) in [6.07, 6.45) is 2.03. The van der Waals surface area contributed by atoms with Gasteiger partial charge in [0, 0.05) is 38.6 Å². The molecular formula is C23H29F3N4O4. The van der Waals surface area contributed by atoms with Gasteiger partial charge in [-0.15, -0.1) is 0 Å². The van der Waals surface area contributed by atoms with Crippen molar-refractivity contribution in [2.75, 3.05) is 37.7 Å². The molecule has 2 aromatic rings. The van der Waals surface area contributed by atoms with Crippen LogP contribution in [0.5, 0.6) is 0 Å². The highest BCUT2D eigenvalue weighted by atomic mass is 19.4. The molecule has 1 atom stereocenters. The van der Waals surface area contributed by atoms with E-state index in [1.165, 1.54) is 5.69 Å². The number of hydrogen-bond acceptors (Lipinski definition) is 5. The standard InChI is InChI=1S/C21H28N4O2.C2HF3O2/c1-3-5-13-25-17-8-6-11-22-20(17)24-12-7-9-18(24)21(25)10-14-23(16-21)19(26)15-27-4-2;3-2(4,5)1(6)7/h6-9,11-12H,3-5,10,13-16H2,1-2H3;(H,6,7). The summed E-state index contributed by atoms with van der Waals surface area (Å²) in [6, 6.07) is 8.44. The van der Waals surface area contributed by atoms with E-state index in [0.717, 1.165) is 43.9 Å². The largest absolute Gasteiger partial charge is 0.490 e. The minimum absolute atomic E-state index is 0.0826. The van der Waals surface area contributed by atoms with Gasteiger partial charge in [0.1, 0.15) is 12.1 Å². The van der Waals surface area contributed by atoms with Crippen LogP contribution in [0.1, 0.15) is 38.8 Å². The van der Waals surface area contributed by atoms with Crippen molar-refractivity contribution in [3.8, 4) is 5.82 Å². The van der Waals surface area contributed by atoms with Crippen LogP contribution in [0, 0.1) is 0 Å². The van der Waals surface area contributed by atoms with Crippen LogP contribution in [0.2, 0.25) is 0 Å². The van der Waals surface area contributed by atoms with Crippen molar-refractivity contribution in [2.45, 2.75) is 44.8 Å². The summed E-state index contributed by atoms with van der Waals surface area (Å²) in [5.74, 6) is -1.69. The van der Waals surface area contributed by atoms with E-state index in [9.17, 15) is 18.0 Å². The molecule has 11 heteroatoms. The summed E-state index contributed by atoms with van der Waals surface area (Å²) in [7, 11) is 0. The van der Waals surface area contributed by atoms with Crippen molar-refractivity contribution in [3.63, 3.8) is 0 Å². The number of carboxylic acid groups (broad SMARTS) is 1. The number of alkyl halides is 3. The van der Waals surface area contributed by atoms with Gasteiger partial charge in [0.25, 0.3) is 0 Å². The van der Waals surface area contributed by atoms with Gasteiger partial charge in [-0.3, -0.25) is 4.79 Å². The molecule has 1 saturated heterocycles. The summed E-state index contributed by atoms with van der Waals surface area (Å²) in [6.45, 7) is 7.29. The predicted molar refractivity (Wildman–Crippen MR) is 119 cm³/mol. The number of carbonyl (C=O) groups is 2. The number of fused-ring (bicyclic) bond motifs is 4. The maximum absolute atomic E-state index is 12.6. The minimum atomic E-state index is -5.08. The molecule has 2 aliphatic rings. The van der Waals surface area contributed by atoms with Crippen LogP contribution >= 0.6 is 0 Å². The number of hydrogen-bond donors (Lipinski definition) is 1. The van der Waals surface area contributed by atoms with Gasteiger partial charge in [0.2, 0.25) is 5.91 Å². The number of halogens is 3. The number of amides is 1. The molecule has 34 heavy (non-hydrogen) atoms. The van der Waals surface area contributed by atoms with E-state index in [0.29, 0.717) is 13.2 Å². The average molecular weight is 483 g/mol. The SMILES string of the molecule is CCCCN1c2cccnc2-n2cccc2C12CCN(C(=O)COCC)C2.O=C(O)C(F)(F)F. The molecule has 0 bridgehead atoms. The second-order valence-corrected chi connectivity index (χ2v) is 8.15. The highest BCUT2D eigenvalue weighted by molar-refractivity contribution is 5.78. The molecule has 0 aromatic carbocycles. The number of carbonyl (C=O) groups excluding carboxylic acids is 1. The number of ether oxygens (including phenoxy) is 1. The van der Waals surface area contributed by atoms with Gasteiger partial charge in [-0.2, -0.15) is 13.2 Å². The van der Waals surface area contributed by atoms with E-state index < -0.39 is 12.1 Å². The van der Waals surface area contributed by atoms with Crippen molar-refractivity contribution in [1.82, 2.24) is 14.5 Å². The molecule has 1 spiro atoms. The second kappa shape index (κ2) is 10.5. The summed E-state index contributed by atoms with van der Waals surface area (Å²) in [4.78, 5) is 30.6. The first-order valence-corrected chi connectivity index (χ1v) is 11.2. The number of unbranched alkanes of at least 4 members (excludes halogenated alkanes) is 1. The number of nitrogens with zero attached hydrogens (tertiary/aromatic N) is 4. The Bertz CT molecular complexity index is 1010. The van der Waals surface area contributed by atoms with Crippen LogP contribution in [0.15, 0.2) is 36.7 Å². The molecule has 1 amide bonds. The highest BCUT2D eigenvalue weighted by Gasteiger charge is 2.50. The molecule has 1 unspecified atom stereocenters. The lowest BCUT2D eigenvalue weighted by Crippen LogP contribution is -2.53. The third kappa shape index (κ3) is 5.03. The topological polar surface area (TPSA) is 87.9 Å². The van der Waals surface area contributed by atoms with E-state index in [1.54, 1.807) is 0 Å². The molecule has 1 fully saturated rings. The van der Waals surface area contributed by atoms with Gasteiger partial charge in [-0.05, 0) is 44.0 Å². The second-order valence-electron chi connectivity index (χ2n) is 8.15. The quantitative estimate of drug-likeness (QED) is 0.677. The Morgan fingerprint density at radius 2 is 1.97 bits per heavy atom. The fourth-order valence-electron chi connectivity index (χ4n) is 4.47. The Balaban J connectivity index is 0.000000406. The Labute approximate surface area is 195 Å². The molecule has 4 heterocycles. The van der Waals surface area contributed by atoms with Gasteiger partial charge in [0.05, 0.1) is 11.4 Å². The number of likely N-dealkylation sites (tertiary alicyclic amines) is 1. The van der Waals surface area contributed by atoms with Gasteiger partial charge in [-0.1, -0.05) is 13.3 Å². The summed E-state index contributed by atoms with van der Waals surface area (Å²) in [5, 5.41) is 7.12. The van der Waals surface area contributed by atoms with E-state index in [4.69, 9.17) is 14.6 Å². The Morgan fingerprint density at radius 3 is 2.62 bits per heavy atom. The lowest BCUT2D eigenvalue weighted by molar-refractivity contribution is -0.192. The zero-order valence-electron chi connectivity index (χ0n) is 19.2. The van der Waals surface area contributed by atoms with Gasteiger partial charge >= 0.3 is 12.1 Å². The van der Waals surface area contributed by atoms with Crippen LogP contribution in [-0.2, 0) is 19.9 Å². The molecule has 0 saturated carbocycles. The first-order valence-electron chi connectivity index (χ1n) is 11.2. The average Bonchev–Trinajstić information content (AvgIpc) is 3.46. The van der Waals surface area contributed by atoms with Crippen LogP contribution in [0.25, 0.3) is 5.82 Å². The number of pyridine rings is 1. The van der Waals surface area contributed by atoms with E-state index in [1.807, 2.05) is 24.1 Å². The summed E-state index contributed by atoms with van der Waals surface area (Å²) in [5.41, 5.74) is 2.20. The maximum Gasteiger partial charge on any atom is 0.490 e. The molecule has 4 rings (SSSR count). The van der Waals surface area contributed by atoms with Crippen LogP contribution in [0.4, 0.5) is 18.9 Å². The summed E-state index contributed by atoms with van der Waals surface area (Å²) >= 11 is 0. The Kier molecular flexibility index (Phi) is 7.86. The molecule has 1 N–H and O–H groups in total. The monoisotopic (exact) mass is 482 g/mol. The molecule has 2 aliphatic heterocycles. The first-order chi connectivity index (χ1) is 16.2. The smallest absolute Gasteiger partial charge is 0.475 e. The van der Waals surface area contributed by atoms with Crippen molar-refractivity contribution in [2.24, 2.45) is 0 Å². The number of carboxylic acids is 1. The summed E-state index contributed by atoms with van der Waals surface area (Å²) < 4.78 is 39.3. The Hall–Kier alpha value is -3.08. The fourth-order valence-corrected chi connectivity index (χ4v) is 4.47. The number of anilines is 1. The van der Waals surface area contributed by atoms with E-state index in [-0.39, 0.29) is 18.1 Å². The van der Waals surface area contributed by atoms with Gasteiger partial charge < -0.3 is 24.2 Å². The lowest BCUT2D eigenvalue weighted by atomic mass is 9.88. The molecule has 0 radical (unpaired) electrons. The molecular weight excluding hydrogens is 453 g/mol. The molecule has 0 aliphatic carbocycles. The van der Waals surface area contributed by atoms with E-state index in [2.05, 4.69) is 45.8 Å². The first kappa shape index (κ1) is 25.5. The van der Waals surface area contributed by atoms with Crippen molar-refractivity contribution in [1.29, 1.82) is 0 Å². The van der Waals surface area contributed by atoms with Crippen molar-refractivity contribution in [3.05, 3.63) is 42.4 Å². The molecule has 186 valence electrons. The maximum atomic E-state index is 12.6. The lowest BCUT2D eigenvalue weighted by Gasteiger charge is -2.47. The van der Waals surface area contributed by atoms with Gasteiger partial charge in [-0.25, -0.2) is 9.78 Å². The zero-order chi connectivity index (χ0) is 24.9. The van der Waals surface area contributed by atoms with Crippen LogP contribution in [-0.4, -0.2) is 70.5 Å². The Morgan fingerprint density at radius 1 is 1.24 bits per heavy atom. The number of rotatable bonds is 6. The van der Waals surface area contributed by atoms with Crippen LogP contribution in [0.3, 0.4) is 0 Å². The van der Waals surface area contributed by atoms with E-state index >= 15 is 0 Å². The van der Waals surface area contributed by atoms with Crippen molar-refractivity contribution >= 4 is 17.6 Å². The number of aliphatic carboxylic acids is 1. The molecule has 8 nitrogen and oxygen atoms in total. The van der Waals surface area contributed by atoms with Crippen LogP contribution < -0.4 is 4.90 Å². The normalized spacial score (nSPS) is 18.9. The minimum Gasteiger partial charge on any atom is -0.475 e. The van der Waals surface area contributed by atoms with Gasteiger partial charge in [0.15, 0.2) is 5.82 Å². The van der Waals surface area contributed by atoms with Crippen molar-refractivity contribution < 1.29 is 32.6 Å². The highest BCUT2D eigenvalue weighted by Crippen LogP contribution is 2.47. The predicted octanol–water partition coefficient (Wildman–Crippen LogP) is 3.59. The fraction of sp³-hybridized carbons (Fsp3) is 0.522. The third-order valence-electron chi connectivity index (χ3n) is 6.04.